The first kappa shape index (κ1) is 9.10. The van der Waals surface area contributed by atoms with E-state index in [-0.39, 0.29) is 6.42 Å². The van der Waals surface area contributed by atoms with E-state index in [1.807, 2.05) is 0 Å². The number of alkyl halides is 1. The molecule has 3 heteroatoms. The van der Waals surface area contributed by atoms with E-state index in [1.165, 1.54) is 0 Å². The molecule has 1 aliphatic rings. The zero-order valence-electron chi connectivity index (χ0n) is 6.65. The van der Waals surface area contributed by atoms with E-state index in [4.69, 9.17) is 0 Å². The number of allylic oxidation sites excluding steroid dienone is 6. The lowest BCUT2D eigenvalue weighted by molar-refractivity contribution is 0.307. The van der Waals surface area contributed by atoms with Crippen LogP contribution < -0.4 is 0 Å². The Kier molecular flexibility index (Phi) is 2.74. The summed E-state index contributed by atoms with van der Waals surface area (Å²) in [6.45, 7) is 1.74. The van der Waals surface area contributed by atoms with E-state index < -0.39 is 17.8 Å². The second-order valence-corrected chi connectivity index (χ2v) is 2.59. The van der Waals surface area contributed by atoms with Crippen LogP contribution >= 0.6 is 0 Å². The monoisotopic (exact) mass is 174 g/mol. The van der Waals surface area contributed by atoms with Crippen LogP contribution in [0.3, 0.4) is 0 Å². The van der Waals surface area contributed by atoms with Gasteiger partial charge in [-0.1, -0.05) is 12.2 Å². The fourth-order valence-electron chi connectivity index (χ4n) is 1.07. The number of halogens is 3. The lowest BCUT2D eigenvalue weighted by Crippen LogP contribution is -2.07. The lowest BCUT2D eigenvalue weighted by Gasteiger charge is -2.12. The van der Waals surface area contributed by atoms with Crippen molar-refractivity contribution in [2.24, 2.45) is 0 Å². The van der Waals surface area contributed by atoms with Gasteiger partial charge in [0.1, 0.15) is 0 Å². The third kappa shape index (κ3) is 1.78. The summed E-state index contributed by atoms with van der Waals surface area (Å²) >= 11 is 0. The fourth-order valence-corrected chi connectivity index (χ4v) is 1.07. The van der Waals surface area contributed by atoms with Gasteiger partial charge in [0.2, 0.25) is 0 Å². The van der Waals surface area contributed by atoms with E-state index in [1.54, 1.807) is 19.1 Å². The molecule has 0 spiro atoms. The van der Waals surface area contributed by atoms with Crippen molar-refractivity contribution in [3.63, 3.8) is 0 Å². The molecule has 0 fully saturated rings. The molecule has 0 aromatic rings. The summed E-state index contributed by atoms with van der Waals surface area (Å²) in [5.41, 5.74) is 0.476. The van der Waals surface area contributed by atoms with Crippen LogP contribution in [0.5, 0.6) is 0 Å². The van der Waals surface area contributed by atoms with Gasteiger partial charge in [-0.3, -0.25) is 0 Å². The van der Waals surface area contributed by atoms with Crippen LogP contribution in [0.25, 0.3) is 0 Å². The molecule has 66 valence electrons. The van der Waals surface area contributed by atoms with Crippen LogP contribution in [-0.4, -0.2) is 6.17 Å². The minimum absolute atomic E-state index is 0.0798. The quantitative estimate of drug-likeness (QED) is 0.571. The first-order valence-electron chi connectivity index (χ1n) is 3.67. The van der Waals surface area contributed by atoms with Gasteiger partial charge in [-0.15, -0.1) is 0 Å². The average Bonchev–Trinajstić information content (AvgIpc) is 2.01. The highest BCUT2D eigenvalue weighted by molar-refractivity contribution is 5.34. The highest BCUT2D eigenvalue weighted by Crippen LogP contribution is 2.28. The standard InChI is InChI=1S/C9H9F3/c1-2-3-6-4-7(10)9(12)8(11)5-6/h2-4,8H,5H2,1H3/b3-2+/t8-/m1/s1. The van der Waals surface area contributed by atoms with Crippen LogP contribution in [0.15, 0.2) is 35.5 Å². The van der Waals surface area contributed by atoms with Gasteiger partial charge in [0, 0.05) is 6.42 Å². The average molecular weight is 174 g/mol. The molecule has 0 aromatic heterocycles. The maximum atomic E-state index is 12.7. The van der Waals surface area contributed by atoms with E-state index in [0.29, 0.717) is 5.57 Å². The van der Waals surface area contributed by atoms with Gasteiger partial charge < -0.3 is 0 Å². The summed E-state index contributed by atoms with van der Waals surface area (Å²) in [7, 11) is 0. The van der Waals surface area contributed by atoms with Gasteiger partial charge in [0.25, 0.3) is 0 Å². The third-order valence-corrected chi connectivity index (χ3v) is 1.61. The first-order chi connectivity index (χ1) is 5.65. The van der Waals surface area contributed by atoms with Gasteiger partial charge in [0.05, 0.1) is 0 Å². The lowest BCUT2D eigenvalue weighted by atomic mass is 10.0. The summed E-state index contributed by atoms with van der Waals surface area (Å²) in [6.07, 6.45) is 2.35. The zero-order chi connectivity index (χ0) is 9.14. The third-order valence-electron chi connectivity index (χ3n) is 1.61. The Labute approximate surface area is 69.1 Å². The molecule has 0 aliphatic heterocycles. The highest BCUT2D eigenvalue weighted by atomic mass is 19.2. The first-order valence-corrected chi connectivity index (χ1v) is 3.67. The molecule has 1 rings (SSSR count). The van der Waals surface area contributed by atoms with Crippen LogP contribution in [0.2, 0.25) is 0 Å². The molecule has 0 unspecified atom stereocenters. The van der Waals surface area contributed by atoms with Gasteiger partial charge in [0.15, 0.2) is 17.8 Å². The molecule has 12 heavy (non-hydrogen) atoms. The van der Waals surface area contributed by atoms with Gasteiger partial charge >= 0.3 is 0 Å². The molecular weight excluding hydrogens is 165 g/mol. The minimum atomic E-state index is -1.82. The molecule has 1 atom stereocenters. The second kappa shape index (κ2) is 3.61. The molecule has 0 amide bonds. The Balaban J connectivity index is 2.90. The Morgan fingerprint density at radius 3 is 2.67 bits per heavy atom. The second-order valence-electron chi connectivity index (χ2n) is 2.59. The number of hydrogen-bond acceptors (Lipinski definition) is 0. The Morgan fingerprint density at radius 1 is 1.50 bits per heavy atom. The van der Waals surface area contributed by atoms with E-state index in [0.717, 1.165) is 6.08 Å². The molecular formula is C9H9F3. The zero-order valence-corrected chi connectivity index (χ0v) is 6.65. The molecule has 0 heterocycles. The normalized spacial score (nSPS) is 25.0. The molecule has 0 radical (unpaired) electrons. The molecule has 0 nitrogen and oxygen atoms in total. The van der Waals surface area contributed by atoms with Gasteiger partial charge in [-0.2, -0.15) is 0 Å². The molecule has 0 saturated carbocycles. The molecule has 0 N–H and O–H groups in total. The molecule has 0 aromatic carbocycles. The van der Waals surface area contributed by atoms with E-state index in [9.17, 15) is 13.2 Å². The minimum Gasteiger partial charge on any atom is -0.239 e. The molecule has 0 bridgehead atoms. The van der Waals surface area contributed by atoms with Crippen LogP contribution in [0.4, 0.5) is 13.2 Å². The summed E-state index contributed by atoms with van der Waals surface area (Å²) in [5, 5.41) is 0. The van der Waals surface area contributed by atoms with Crippen LogP contribution in [0, 0.1) is 0 Å². The van der Waals surface area contributed by atoms with Gasteiger partial charge in [-0.05, 0) is 18.6 Å². The van der Waals surface area contributed by atoms with Crippen LogP contribution in [0.1, 0.15) is 13.3 Å². The predicted octanol–water partition coefficient (Wildman–Crippen LogP) is 3.38. The smallest absolute Gasteiger partial charge is 0.170 e. The van der Waals surface area contributed by atoms with E-state index >= 15 is 0 Å². The fraction of sp³-hybridized carbons (Fsp3) is 0.333. The maximum absolute atomic E-state index is 12.7. The van der Waals surface area contributed by atoms with Crippen molar-refractivity contribution in [2.45, 2.75) is 19.5 Å². The summed E-state index contributed by atoms with van der Waals surface area (Å²) in [4.78, 5) is 0. The number of rotatable bonds is 1. The Bertz CT molecular complexity index is 261. The van der Waals surface area contributed by atoms with Crippen molar-refractivity contribution in [2.75, 3.05) is 0 Å². The summed E-state index contributed by atoms with van der Waals surface area (Å²) < 4.78 is 37.7. The highest BCUT2D eigenvalue weighted by Gasteiger charge is 2.22. The molecule has 0 saturated heterocycles. The Morgan fingerprint density at radius 2 is 2.17 bits per heavy atom. The van der Waals surface area contributed by atoms with Gasteiger partial charge in [-0.25, -0.2) is 13.2 Å². The van der Waals surface area contributed by atoms with Crippen molar-refractivity contribution in [1.29, 1.82) is 0 Å². The van der Waals surface area contributed by atoms with Crippen molar-refractivity contribution in [1.82, 2.24) is 0 Å². The predicted molar refractivity (Wildman–Crippen MR) is 41.7 cm³/mol. The van der Waals surface area contributed by atoms with Crippen molar-refractivity contribution in [3.8, 4) is 0 Å². The Hall–Kier alpha value is -0.990. The van der Waals surface area contributed by atoms with Crippen molar-refractivity contribution in [3.05, 3.63) is 35.5 Å². The summed E-state index contributed by atoms with van der Waals surface area (Å²) in [6, 6.07) is 0. The van der Waals surface area contributed by atoms with E-state index in [2.05, 4.69) is 0 Å². The van der Waals surface area contributed by atoms with Crippen molar-refractivity contribution < 1.29 is 13.2 Å². The summed E-state index contributed by atoms with van der Waals surface area (Å²) in [5.74, 6) is -2.38. The molecule has 1 aliphatic carbocycles. The maximum Gasteiger partial charge on any atom is 0.170 e. The van der Waals surface area contributed by atoms with Crippen LogP contribution in [-0.2, 0) is 0 Å². The largest absolute Gasteiger partial charge is 0.239 e. The number of hydrogen-bond donors (Lipinski definition) is 0. The topological polar surface area (TPSA) is 0 Å². The van der Waals surface area contributed by atoms with Crippen molar-refractivity contribution >= 4 is 0 Å². The SMILES string of the molecule is C/C=C/C1=CC(F)=C(F)[C@H](F)C1.